The van der Waals surface area contributed by atoms with Crippen molar-refractivity contribution in [3.63, 3.8) is 0 Å². The first kappa shape index (κ1) is 20.0. The lowest BCUT2D eigenvalue weighted by Crippen LogP contribution is -2.31. The number of aliphatic hydroxyl groups is 1. The molecule has 0 aromatic heterocycles. The van der Waals surface area contributed by atoms with Gasteiger partial charge in [0, 0.05) is 12.1 Å². The van der Waals surface area contributed by atoms with Gasteiger partial charge in [-0.1, -0.05) is 12.1 Å². The lowest BCUT2D eigenvalue weighted by atomic mass is 9.97. The highest BCUT2D eigenvalue weighted by atomic mass is 35.5. The minimum absolute atomic E-state index is 0. The van der Waals surface area contributed by atoms with Crippen molar-refractivity contribution in [1.29, 1.82) is 0 Å². The summed E-state index contributed by atoms with van der Waals surface area (Å²) in [5.74, 6) is 1.36. The number of nitrogens with one attached hydrogen (secondary N) is 1. The summed E-state index contributed by atoms with van der Waals surface area (Å²) < 4.78 is 10.3. The van der Waals surface area contributed by atoms with Crippen LogP contribution in [0.25, 0.3) is 0 Å². The third-order valence-corrected chi connectivity index (χ3v) is 3.55. The summed E-state index contributed by atoms with van der Waals surface area (Å²) in [5, 5.41) is 12.1. The van der Waals surface area contributed by atoms with E-state index in [4.69, 9.17) is 14.6 Å². The number of aliphatic hydroxyl groups excluding tert-OH is 1. The van der Waals surface area contributed by atoms with Gasteiger partial charge in [0.25, 0.3) is 0 Å². The largest absolute Gasteiger partial charge is 0.497 e. The number of carbonyl (C=O) groups excluding carboxylic acids is 1. The Bertz CT molecular complexity index is 628. The maximum absolute atomic E-state index is 12.8. The molecule has 0 radical (unpaired) electrons. The molecule has 0 amide bonds. The van der Waals surface area contributed by atoms with Crippen LogP contribution < -0.4 is 14.8 Å². The maximum atomic E-state index is 12.8. The van der Waals surface area contributed by atoms with Crippen LogP contribution in [0.5, 0.6) is 11.5 Å². The number of hydrogen-bond acceptors (Lipinski definition) is 5. The van der Waals surface area contributed by atoms with Gasteiger partial charge < -0.3 is 19.9 Å². The minimum atomic E-state index is -0.526. The van der Waals surface area contributed by atoms with Crippen LogP contribution in [0, 0.1) is 0 Å². The molecule has 5 nitrogen and oxygen atoms in total. The third kappa shape index (κ3) is 4.96. The molecule has 0 fully saturated rings. The van der Waals surface area contributed by atoms with Crippen LogP contribution in [-0.4, -0.2) is 38.3 Å². The van der Waals surface area contributed by atoms with Crippen molar-refractivity contribution in [2.24, 2.45) is 0 Å². The molecule has 2 N–H and O–H groups in total. The lowest BCUT2D eigenvalue weighted by molar-refractivity contribution is 0.0940. The molecule has 0 aliphatic carbocycles. The number of methoxy groups -OCH3 is 2. The Morgan fingerprint density at radius 3 is 1.96 bits per heavy atom. The fraction of sp³-hybridized carbons (Fsp3) is 0.278. The zero-order chi connectivity index (χ0) is 16.7. The molecule has 0 saturated carbocycles. The first-order valence-electron chi connectivity index (χ1n) is 7.36. The van der Waals surface area contributed by atoms with Crippen LogP contribution in [0.2, 0.25) is 0 Å². The van der Waals surface area contributed by atoms with E-state index in [9.17, 15) is 4.79 Å². The van der Waals surface area contributed by atoms with E-state index in [1.54, 1.807) is 38.5 Å². The summed E-state index contributed by atoms with van der Waals surface area (Å²) in [7, 11) is 3.18. The average Bonchev–Trinajstić information content (AvgIpc) is 2.62. The number of halogens is 1. The normalized spacial score (nSPS) is 11.3. The Hall–Kier alpha value is -2.08. The van der Waals surface area contributed by atoms with Crippen molar-refractivity contribution >= 4 is 18.2 Å². The average molecular weight is 352 g/mol. The molecule has 130 valence electrons. The topological polar surface area (TPSA) is 67.8 Å². The molecule has 0 saturated heterocycles. The van der Waals surface area contributed by atoms with Crippen LogP contribution in [0.3, 0.4) is 0 Å². The predicted octanol–water partition coefficient (Wildman–Crippen LogP) is 2.63. The molecule has 1 unspecified atom stereocenters. The van der Waals surface area contributed by atoms with Crippen LogP contribution in [-0.2, 0) is 0 Å². The van der Waals surface area contributed by atoms with E-state index in [1.807, 2.05) is 24.3 Å². The summed E-state index contributed by atoms with van der Waals surface area (Å²) >= 11 is 0. The number of hydrogen-bond donors (Lipinski definition) is 2. The summed E-state index contributed by atoms with van der Waals surface area (Å²) in [6.07, 6.45) is 0. The minimum Gasteiger partial charge on any atom is -0.497 e. The lowest BCUT2D eigenvalue weighted by Gasteiger charge is -2.18. The maximum Gasteiger partial charge on any atom is 0.184 e. The van der Waals surface area contributed by atoms with E-state index < -0.39 is 6.04 Å². The molecule has 0 heterocycles. The van der Waals surface area contributed by atoms with E-state index in [0.29, 0.717) is 17.9 Å². The van der Waals surface area contributed by atoms with Gasteiger partial charge in [0.15, 0.2) is 5.78 Å². The number of ether oxygens (including phenoxy) is 2. The van der Waals surface area contributed by atoms with Crippen LogP contribution in [0.1, 0.15) is 22.0 Å². The Morgan fingerprint density at radius 1 is 1.00 bits per heavy atom. The van der Waals surface area contributed by atoms with Crippen LogP contribution >= 0.6 is 12.4 Å². The number of ketones is 1. The second-order valence-electron chi connectivity index (χ2n) is 4.98. The fourth-order valence-electron chi connectivity index (χ4n) is 2.29. The van der Waals surface area contributed by atoms with Gasteiger partial charge >= 0.3 is 0 Å². The molecule has 1 atom stereocenters. The smallest absolute Gasteiger partial charge is 0.184 e. The van der Waals surface area contributed by atoms with Gasteiger partial charge in [0.2, 0.25) is 0 Å². The Morgan fingerprint density at radius 2 is 1.50 bits per heavy atom. The number of Topliss-reactive ketones (excluding diaryl/α,β-unsaturated/α-hetero) is 1. The van der Waals surface area contributed by atoms with E-state index in [0.717, 1.165) is 11.3 Å². The molecule has 0 spiro atoms. The Labute approximate surface area is 148 Å². The number of rotatable bonds is 8. The number of carbonyl (C=O) groups is 1. The highest BCUT2D eigenvalue weighted by molar-refractivity contribution is 6.00. The Balaban J connectivity index is 0.00000288. The molecule has 2 aromatic rings. The van der Waals surface area contributed by atoms with Gasteiger partial charge in [-0.15, -0.1) is 12.4 Å². The van der Waals surface area contributed by atoms with Crippen molar-refractivity contribution in [2.75, 3.05) is 27.4 Å². The molecular weight excluding hydrogens is 330 g/mol. The number of benzene rings is 2. The molecule has 2 rings (SSSR count). The highest BCUT2D eigenvalue weighted by Gasteiger charge is 2.21. The van der Waals surface area contributed by atoms with Crippen molar-refractivity contribution in [1.82, 2.24) is 5.32 Å². The summed E-state index contributed by atoms with van der Waals surface area (Å²) in [5.41, 5.74) is 1.40. The first-order chi connectivity index (χ1) is 11.2. The summed E-state index contributed by atoms with van der Waals surface area (Å²) in [6, 6.07) is 13.8. The van der Waals surface area contributed by atoms with Crippen molar-refractivity contribution in [3.05, 3.63) is 59.7 Å². The molecule has 0 bridgehead atoms. The SMILES string of the molecule is COc1ccc(C(=O)C(NCCO)c2ccc(OC)cc2)cc1.Cl. The molecule has 2 aromatic carbocycles. The van der Waals surface area contributed by atoms with Crippen LogP contribution in [0.15, 0.2) is 48.5 Å². The second-order valence-corrected chi connectivity index (χ2v) is 4.98. The van der Waals surface area contributed by atoms with Gasteiger partial charge in [-0.05, 0) is 42.0 Å². The van der Waals surface area contributed by atoms with Gasteiger partial charge in [0.05, 0.1) is 26.9 Å². The zero-order valence-corrected chi connectivity index (χ0v) is 14.5. The predicted molar refractivity (Wildman–Crippen MR) is 95.4 cm³/mol. The molecular formula is C18H22ClNO4. The van der Waals surface area contributed by atoms with Gasteiger partial charge in [-0.25, -0.2) is 0 Å². The van der Waals surface area contributed by atoms with Crippen molar-refractivity contribution in [2.45, 2.75) is 6.04 Å². The molecule has 6 heteroatoms. The standard InChI is InChI=1S/C18H21NO4.ClH/c1-22-15-7-3-13(4-8-15)17(19-11-12-20)18(21)14-5-9-16(23-2)10-6-14;/h3-10,17,19-20H,11-12H2,1-2H3;1H. The van der Waals surface area contributed by atoms with Crippen molar-refractivity contribution in [3.8, 4) is 11.5 Å². The first-order valence-corrected chi connectivity index (χ1v) is 7.36. The van der Waals surface area contributed by atoms with E-state index in [2.05, 4.69) is 5.32 Å². The van der Waals surface area contributed by atoms with E-state index in [1.165, 1.54) is 0 Å². The van der Waals surface area contributed by atoms with Gasteiger partial charge in [-0.2, -0.15) is 0 Å². The molecule has 0 aliphatic rings. The Kier molecular flexibility index (Phi) is 8.26. The molecule has 24 heavy (non-hydrogen) atoms. The third-order valence-electron chi connectivity index (χ3n) is 3.55. The zero-order valence-electron chi connectivity index (χ0n) is 13.7. The van der Waals surface area contributed by atoms with Crippen molar-refractivity contribution < 1.29 is 19.4 Å². The van der Waals surface area contributed by atoms with Gasteiger partial charge in [0.1, 0.15) is 11.5 Å². The quantitative estimate of drug-likeness (QED) is 0.716. The monoisotopic (exact) mass is 351 g/mol. The van der Waals surface area contributed by atoms with Crippen LogP contribution in [0.4, 0.5) is 0 Å². The summed E-state index contributed by atoms with van der Waals surface area (Å²) in [6.45, 7) is 0.293. The summed E-state index contributed by atoms with van der Waals surface area (Å²) in [4.78, 5) is 12.8. The van der Waals surface area contributed by atoms with E-state index in [-0.39, 0.29) is 24.8 Å². The second kappa shape index (κ2) is 9.93. The molecule has 0 aliphatic heterocycles. The highest BCUT2D eigenvalue weighted by Crippen LogP contribution is 2.22. The van der Waals surface area contributed by atoms with E-state index >= 15 is 0 Å². The van der Waals surface area contributed by atoms with Gasteiger partial charge in [-0.3, -0.25) is 4.79 Å². The fourth-order valence-corrected chi connectivity index (χ4v) is 2.29.